The molecule has 1 unspecified atom stereocenters. The van der Waals surface area contributed by atoms with E-state index in [1.54, 1.807) is 6.20 Å². The minimum Gasteiger partial charge on any atom is -0.361 e. The third-order valence-corrected chi connectivity index (χ3v) is 6.25. The topological polar surface area (TPSA) is 62.0 Å². The van der Waals surface area contributed by atoms with Crippen molar-refractivity contribution >= 4 is 67.3 Å². The molecule has 1 atom stereocenters. The largest absolute Gasteiger partial charge is 0.361 e. The van der Waals surface area contributed by atoms with E-state index < -0.39 is 19.9 Å². The molecule has 4 nitrogen and oxygen atoms in total. The van der Waals surface area contributed by atoms with Gasteiger partial charge in [0, 0.05) is 22.1 Å². The van der Waals surface area contributed by atoms with E-state index in [-0.39, 0.29) is 4.90 Å². The third-order valence-electron chi connectivity index (χ3n) is 3.90. The van der Waals surface area contributed by atoms with Crippen LogP contribution in [0, 0.1) is 6.92 Å². The number of benzene rings is 2. The van der Waals surface area contributed by atoms with Crippen LogP contribution in [0.5, 0.6) is 0 Å². The van der Waals surface area contributed by atoms with Crippen LogP contribution in [0.15, 0.2) is 53.6 Å². The number of aryl methyl sites for hydroxylation is 1. The summed E-state index contributed by atoms with van der Waals surface area (Å²) in [5.74, 6) is 0. The lowest BCUT2D eigenvalue weighted by Crippen LogP contribution is -2.36. The highest BCUT2D eigenvalue weighted by Crippen LogP contribution is 2.43. The van der Waals surface area contributed by atoms with E-state index in [0.717, 1.165) is 16.5 Å². The molecule has 1 heterocycles. The first-order chi connectivity index (χ1) is 12.1. The van der Waals surface area contributed by atoms with Gasteiger partial charge in [0.25, 0.3) is 0 Å². The van der Waals surface area contributed by atoms with E-state index in [9.17, 15) is 8.42 Å². The number of H-pyrrole nitrogens is 1. The molecule has 0 fully saturated rings. The van der Waals surface area contributed by atoms with Crippen molar-refractivity contribution in [3.63, 3.8) is 0 Å². The second-order valence-corrected chi connectivity index (χ2v) is 10.4. The van der Waals surface area contributed by atoms with Gasteiger partial charge in [0.2, 0.25) is 13.8 Å². The smallest absolute Gasteiger partial charge is 0.241 e. The molecule has 1 aromatic heterocycles. The van der Waals surface area contributed by atoms with Gasteiger partial charge >= 0.3 is 0 Å². The summed E-state index contributed by atoms with van der Waals surface area (Å²) in [6.07, 6.45) is 1.64. The Bertz CT molecular complexity index is 1040. The summed E-state index contributed by atoms with van der Waals surface area (Å²) in [7, 11) is -3.94. The Morgan fingerprint density at radius 1 is 1.08 bits per heavy atom. The number of rotatable bonds is 4. The number of fused-ring (bicyclic) bond motifs is 1. The van der Waals surface area contributed by atoms with Crippen molar-refractivity contribution in [1.82, 2.24) is 9.71 Å². The molecule has 0 aliphatic heterocycles. The SMILES string of the molecule is Cc1ccc2[nH]cc(C(NS(=O)(=O)c3ccc(Cl)cc3)C(Cl)(Cl)Cl)c2c1. The maximum absolute atomic E-state index is 12.8. The van der Waals surface area contributed by atoms with Gasteiger partial charge in [-0.05, 0) is 48.9 Å². The fraction of sp³-hybridized carbons (Fsp3) is 0.176. The zero-order valence-corrected chi connectivity index (χ0v) is 17.3. The fourth-order valence-corrected chi connectivity index (χ4v) is 4.72. The molecule has 138 valence electrons. The van der Waals surface area contributed by atoms with E-state index in [1.165, 1.54) is 24.3 Å². The molecular weight excluding hydrogens is 438 g/mol. The Hall–Kier alpha value is -0.950. The predicted molar refractivity (Wildman–Crippen MR) is 108 cm³/mol. The van der Waals surface area contributed by atoms with E-state index in [4.69, 9.17) is 46.4 Å². The van der Waals surface area contributed by atoms with Crippen LogP contribution >= 0.6 is 46.4 Å². The lowest BCUT2D eigenvalue weighted by Gasteiger charge is -2.25. The average Bonchev–Trinajstić information content (AvgIpc) is 2.94. The molecule has 26 heavy (non-hydrogen) atoms. The molecule has 0 aliphatic carbocycles. The molecule has 2 N–H and O–H groups in total. The summed E-state index contributed by atoms with van der Waals surface area (Å²) in [6, 6.07) is 10.4. The van der Waals surface area contributed by atoms with E-state index >= 15 is 0 Å². The van der Waals surface area contributed by atoms with E-state index in [0.29, 0.717) is 10.6 Å². The molecule has 2 aromatic carbocycles. The Morgan fingerprint density at radius 3 is 2.35 bits per heavy atom. The van der Waals surface area contributed by atoms with Crippen molar-refractivity contribution in [2.45, 2.75) is 21.7 Å². The number of hydrogen-bond acceptors (Lipinski definition) is 2. The second kappa shape index (κ2) is 7.23. The van der Waals surface area contributed by atoms with Crippen LogP contribution in [0.25, 0.3) is 10.9 Å². The monoisotopic (exact) mass is 450 g/mol. The first-order valence-electron chi connectivity index (χ1n) is 7.50. The first-order valence-corrected chi connectivity index (χ1v) is 10.5. The highest BCUT2D eigenvalue weighted by Gasteiger charge is 2.38. The van der Waals surface area contributed by atoms with E-state index in [1.807, 2.05) is 25.1 Å². The fourth-order valence-electron chi connectivity index (χ4n) is 2.64. The van der Waals surface area contributed by atoms with E-state index in [2.05, 4.69) is 9.71 Å². The molecule has 0 bridgehead atoms. The van der Waals surface area contributed by atoms with Crippen LogP contribution in [0.1, 0.15) is 17.2 Å². The molecule has 0 amide bonds. The zero-order chi connectivity index (χ0) is 19.1. The molecule has 0 radical (unpaired) electrons. The highest BCUT2D eigenvalue weighted by atomic mass is 35.6. The number of aromatic nitrogens is 1. The lowest BCUT2D eigenvalue weighted by molar-refractivity contribution is 0.559. The summed E-state index contributed by atoms with van der Waals surface area (Å²) in [6.45, 7) is 1.93. The van der Waals surface area contributed by atoms with Crippen molar-refractivity contribution in [3.05, 3.63) is 64.8 Å². The third kappa shape index (κ3) is 4.14. The van der Waals surface area contributed by atoms with Crippen molar-refractivity contribution in [2.24, 2.45) is 0 Å². The van der Waals surface area contributed by atoms with Crippen molar-refractivity contribution < 1.29 is 8.42 Å². The number of alkyl halides is 3. The van der Waals surface area contributed by atoms with Crippen LogP contribution < -0.4 is 4.72 Å². The number of sulfonamides is 1. The quantitative estimate of drug-likeness (QED) is 0.513. The van der Waals surface area contributed by atoms with Gasteiger partial charge in [-0.15, -0.1) is 0 Å². The molecule has 3 rings (SSSR count). The second-order valence-electron chi connectivity index (χ2n) is 5.84. The molecule has 0 aliphatic rings. The van der Waals surface area contributed by atoms with Gasteiger partial charge in [-0.2, -0.15) is 4.72 Å². The highest BCUT2D eigenvalue weighted by molar-refractivity contribution is 7.89. The average molecular weight is 452 g/mol. The number of halogens is 4. The Morgan fingerprint density at radius 2 is 1.73 bits per heavy atom. The van der Waals surface area contributed by atoms with Gasteiger partial charge in [-0.3, -0.25) is 0 Å². The molecule has 0 saturated carbocycles. The predicted octanol–water partition coefficient (Wildman–Crippen LogP) is 5.52. The van der Waals surface area contributed by atoms with Gasteiger partial charge in [-0.1, -0.05) is 58.0 Å². The first kappa shape index (κ1) is 19.8. The standard InChI is InChI=1S/C17H14Cl4N2O2S/c1-10-2-7-15-13(8-10)14(9-22-15)16(17(19,20)21)23-26(24,25)12-5-3-11(18)4-6-12/h2-9,16,22-23H,1H3. The van der Waals surface area contributed by atoms with Crippen molar-refractivity contribution in [1.29, 1.82) is 0 Å². The van der Waals surface area contributed by atoms with Gasteiger partial charge < -0.3 is 4.98 Å². The van der Waals surface area contributed by atoms with Crippen molar-refractivity contribution in [2.75, 3.05) is 0 Å². The summed E-state index contributed by atoms with van der Waals surface area (Å²) in [4.78, 5) is 3.10. The molecule has 9 heteroatoms. The van der Waals surface area contributed by atoms with Gasteiger partial charge in [0.1, 0.15) is 0 Å². The van der Waals surface area contributed by atoms with Crippen LogP contribution in [0.2, 0.25) is 5.02 Å². The number of aromatic amines is 1. The number of hydrogen-bond donors (Lipinski definition) is 2. The minimum atomic E-state index is -3.94. The molecule has 0 spiro atoms. The normalized spacial score (nSPS) is 13.9. The van der Waals surface area contributed by atoms with Gasteiger partial charge in [-0.25, -0.2) is 8.42 Å². The van der Waals surface area contributed by atoms with Crippen LogP contribution in [-0.4, -0.2) is 17.2 Å². The van der Waals surface area contributed by atoms with Crippen molar-refractivity contribution in [3.8, 4) is 0 Å². The minimum absolute atomic E-state index is 0.0252. The summed E-state index contributed by atoms with van der Waals surface area (Å²) >= 11 is 24.2. The van der Waals surface area contributed by atoms with Crippen LogP contribution in [-0.2, 0) is 10.0 Å². The van der Waals surface area contributed by atoms with Gasteiger partial charge in [0.05, 0.1) is 10.9 Å². The number of nitrogens with one attached hydrogen (secondary N) is 2. The summed E-state index contributed by atoms with van der Waals surface area (Å²) in [5.41, 5.74) is 2.36. The Kier molecular flexibility index (Phi) is 5.50. The maximum Gasteiger partial charge on any atom is 0.241 e. The summed E-state index contributed by atoms with van der Waals surface area (Å²) in [5, 5.41) is 1.20. The van der Waals surface area contributed by atoms with Crippen LogP contribution in [0.4, 0.5) is 0 Å². The lowest BCUT2D eigenvalue weighted by atomic mass is 10.1. The van der Waals surface area contributed by atoms with Crippen LogP contribution in [0.3, 0.4) is 0 Å². The maximum atomic E-state index is 12.8. The molecular formula is C17H14Cl4N2O2S. The zero-order valence-electron chi connectivity index (χ0n) is 13.4. The van der Waals surface area contributed by atoms with Gasteiger partial charge in [0.15, 0.2) is 0 Å². The molecule has 3 aromatic rings. The molecule has 0 saturated heterocycles. The summed E-state index contributed by atoms with van der Waals surface area (Å²) < 4.78 is 26.1. The Labute approximate surface area is 171 Å². The Balaban J connectivity index is 2.07.